The molecule has 2 aromatic rings. The second kappa shape index (κ2) is 32.8. The Kier molecular flexibility index (Phi) is 27.9. The van der Waals surface area contributed by atoms with Crippen LogP contribution in [0, 0.1) is 0 Å². The van der Waals surface area contributed by atoms with Crippen molar-refractivity contribution in [3.63, 3.8) is 0 Å². The molecule has 1 heterocycles. The molecule has 5 heteroatoms. The first-order valence-electron chi connectivity index (χ1n) is 23.1. The number of nitrogens with zero attached hydrogens (tertiary/aromatic N) is 2. The summed E-state index contributed by atoms with van der Waals surface area (Å²) >= 11 is 5.33. The van der Waals surface area contributed by atoms with Crippen LogP contribution in [0.5, 0.6) is 5.75 Å². The number of thiocarbonyl (C=S) groups is 1. The van der Waals surface area contributed by atoms with Gasteiger partial charge in [0.25, 0.3) is 0 Å². The Hall–Kier alpha value is -2.40. The van der Waals surface area contributed by atoms with E-state index in [1.165, 1.54) is 205 Å². The summed E-state index contributed by atoms with van der Waals surface area (Å²) in [6.07, 6.45) is 45.3. The van der Waals surface area contributed by atoms with Crippen molar-refractivity contribution in [1.29, 1.82) is 0 Å². The average Bonchev–Trinajstić information content (AvgIpc) is 3.62. The predicted octanol–water partition coefficient (Wildman–Crippen LogP) is 15.8. The van der Waals surface area contributed by atoms with E-state index in [9.17, 15) is 0 Å². The zero-order chi connectivity index (χ0) is 38.0. The third kappa shape index (κ3) is 22.2. The largest absolute Gasteiger partial charge is 0.489 e. The number of hydrogen-bond donors (Lipinski definition) is 1. The Morgan fingerprint density at radius 3 is 1.31 bits per heavy atom. The van der Waals surface area contributed by atoms with Gasteiger partial charge in [0.2, 0.25) is 0 Å². The van der Waals surface area contributed by atoms with Crippen molar-refractivity contribution in [3.05, 3.63) is 60.2 Å². The van der Waals surface area contributed by atoms with Crippen molar-refractivity contribution in [3.8, 4) is 5.75 Å². The molecular weight excluding hydrogens is 679 g/mol. The standard InChI is InChI=1S/C49H81N3OS/c1-2-3-4-5-6-7-8-9-10-11-12-13-14-15-16-17-18-19-20-21-22-23-24-25-26-27-28-29-30-31-35-38-48-50-51-49(44-54)52(48)46-39-41-47(42-40-46)53-43-45-36-33-32-34-37-45/h32-34,36-37,39-42,44,49,51H,2-31,35,38,43H2,1H3. The van der Waals surface area contributed by atoms with E-state index in [0.29, 0.717) is 6.61 Å². The maximum Gasteiger partial charge on any atom is 0.150 e. The molecule has 4 nitrogen and oxygen atoms in total. The van der Waals surface area contributed by atoms with Crippen LogP contribution in [0.25, 0.3) is 0 Å². The smallest absolute Gasteiger partial charge is 0.150 e. The van der Waals surface area contributed by atoms with Gasteiger partial charge in [0.1, 0.15) is 24.4 Å². The van der Waals surface area contributed by atoms with Crippen molar-refractivity contribution >= 4 is 29.1 Å². The van der Waals surface area contributed by atoms with Gasteiger partial charge in [-0.1, -0.05) is 242 Å². The summed E-state index contributed by atoms with van der Waals surface area (Å²) in [5.41, 5.74) is 5.48. The molecule has 54 heavy (non-hydrogen) atoms. The van der Waals surface area contributed by atoms with Crippen LogP contribution >= 0.6 is 12.2 Å². The summed E-state index contributed by atoms with van der Waals surface area (Å²) in [7, 11) is 0. The lowest BCUT2D eigenvalue weighted by molar-refractivity contribution is 0.306. The molecule has 1 unspecified atom stereocenters. The number of hydrazone groups is 1. The van der Waals surface area contributed by atoms with Crippen molar-refractivity contribution in [2.75, 3.05) is 4.90 Å². The summed E-state index contributed by atoms with van der Waals surface area (Å²) in [6.45, 7) is 2.88. The van der Waals surface area contributed by atoms with Crippen LogP contribution in [0.15, 0.2) is 59.7 Å². The second-order valence-electron chi connectivity index (χ2n) is 16.2. The summed E-state index contributed by atoms with van der Waals surface area (Å²) < 4.78 is 5.99. The summed E-state index contributed by atoms with van der Waals surface area (Å²) in [6, 6.07) is 18.6. The number of rotatable bonds is 37. The van der Waals surface area contributed by atoms with Crippen LogP contribution in [0.3, 0.4) is 0 Å². The van der Waals surface area contributed by atoms with E-state index in [1.807, 2.05) is 30.3 Å². The Bertz CT molecular complexity index is 1170. The van der Waals surface area contributed by atoms with E-state index in [4.69, 9.17) is 17.0 Å². The third-order valence-corrected chi connectivity index (χ3v) is 11.6. The van der Waals surface area contributed by atoms with Gasteiger partial charge in [0.15, 0.2) is 0 Å². The van der Waals surface area contributed by atoms with Crippen LogP contribution in [-0.2, 0) is 6.61 Å². The lowest BCUT2D eigenvalue weighted by atomic mass is 10.0. The minimum absolute atomic E-state index is 0.0792. The van der Waals surface area contributed by atoms with E-state index in [1.54, 1.807) is 5.37 Å². The van der Waals surface area contributed by atoms with E-state index in [-0.39, 0.29) is 6.17 Å². The molecule has 0 amide bonds. The van der Waals surface area contributed by atoms with Crippen molar-refractivity contribution in [1.82, 2.24) is 5.43 Å². The van der Waals surface area contributed by atoms with Gasteiger partial charge in [-0.05, 0) is 36.2 Å². The number of amidine groups is 1. The zero-order valence-corrected chi connectivity index (χ0v) is 35.7. The van der Waals surface area contributed by atoms with E-state index >= 15 is 0 Å². The van der Waals surface area contributed by atoms with Gasteiger partial charge in [-0.3, -0.25) is 5.43 Å². The minimum atomic E-state index is -0.0792. The molecule has 2 aromatic carbocycles. The Balaban J connectivity index is 1.03. The highest BCUT2D eigenvalue weighted by Gasteiger charge is 2.26. The normalized spacial score (nSPS) is 14.0. The summed E-state index contributed by atoms with van der Waals surface area (Å²) in [4.78, 5) is 2.23. The monoisotopic (exact) mass is 760 g/mol. The van der Waals surface area contributed by atoms with Crippen molar-refractivity contribution in [2.24, 2.45) is 5.10 Å². The topological polar surface area (TPSA) is 36.9 Å². The highest BCUT2D eigenvalue weighted by molar-refractivity contribution is 7.79. The molecular formula is C49H81N3OS. The molecule has 1 aliphatic heterocycles. The molecule has 0 radical (unpaired) electrons. The first-order valence-corrected chi connectivity index (χ1v) is 23.6. The number of hydrogen-bond acceptors (Lipinski definition) is 5. The molecule has 1 N–H and O–H groups in total. The fraction of sp³-hybridized carbons (Fsp3) is 0.714. The van der Waals surface area contributed by atoms with Gasteiger partial charge in [-0.25, -0.2) is 0 Å². The number of benzene rings is 2. The Morgan fingerprint density at radius 2 is 0.926 bits per heavy atom. The summed E-state index contributed by atoms with van der Waals surface area (Å²) in [5.74, 6) is 1.95. The van der Waals surface area contributed by atoms with Gasteiger partial charge in [-0.15, -0.1) is 0 Å². The maximum atomic E-state index is 5.99. The Morgan fingerprint density at radius 1 is 0.537 bits per heavy atom. The minimum Gasteiger partial charge on any atom is -0.489 e. The number of unbranched alkanes of at least 4 members (excludes halogenated alkanes) is 30. The molecule has 1 aliphatic rings. The molecule has 0 saturated carbocycles. The van der Waals surface area contributed by atoms with Crippen LogP contribution in [0.4, 0.5) is 5.69 Å². The van der Waals surface area contributed by atoms with Gasteiger partial charge >= 0.3 is 0 Å². The van der Waals surface area contributed by atoms with Gasteiger partial charge in [-0.2, -0.15) is 5.10 Å². The van der Waals surface area contributed by atoms with E-state index < -0.39 is 0 Å². The second-order valence-corrected chi connectivity index (χ2v) is 16.5. The highest BCUT2D eigenvalue weighted by atomic mass is 32.1. The lowest BCUT2D eigenvalue weighted by Gasteiger charge is -2.25. The van der Waals surface area contributed by atoms with Crippen molar-refractivity contribution in [2.45, 2.75) is 225 Å². The average molecular weight is 760 g/mol. The van der Waals surface area contributed by atoms with E-state index in [0.717, 1.165) is 23.7 Å². The molecule has 0 aromatic heterocycles. The summed E-state index contributed by atoms with van der Waals surface area (Å²) in [5, 5.41) is 6.41. The zero-order valence-electron chi connectivity index (χ0n) is 34.9. The van der Waals surface area contributed by atoms with Crippen molar-refractivity contribution < 1.29 is 4.74 Å². The Labute approximate surface area is 339 Å². The lowest BCUT2D eigenvalue weighted by Crippen LogP contribution is -2.41. The fourth-order valence-corrected chi connectivity index (χ4v) is 8.10. The first kappa shape index (κ1) is 46.0. The van der Waals surface area contributed by atoms with E-state index in [2.05, 4.69) is 46.6 Å². The molecule has 0 saturated heterocycles. The molecule has 1 atom stereocenters. The van der Waals surface area contributed by atoms with Gasteiger partial charge < -0.3 is 9.64 Å². The first-order chi connectivity index (χ1) is 26.8. The number of nitrogens with one attached hydrogen (secondary N) is 1. The predicted molar refractivity (Wildman–Crippen MR) is 241 cm³/mol. The van der Waals surface area contributed by atoms with Crippen LogP contribution in [-0.4, -0.2) is 17.4 Å². The third-order valence-electron chi connectivity index (χ3n) is 11.4. The molecule has 304 valence electrons. The molecule has 0 bridgehead atoms. The molecule has 3 rings (SSSR count). The van der Waals surface area contributed by atoms with Gasteiger partial charge in [0.05, 0.1) is 0 Å². The van der Waals surface area contributed by atoms with Crippen LogP contribution in [0.2, 0.25) is 0 Å². The number of anilines is 1. The maximum absolute atomic E-state index is 5.99. The molecule has 0 spiro atoms. The van der Waals surface area contributed by atoms with Gasteiger partial charge in [0, 0.05) is 17.5 Å². The molecule has 0 fully saturated rings. The number of ether oxygens (including phenoxy) is 1. The SMILES string of the molecule is CCCCCCCCCCCCCCCCCCCCCCCCCCCCCCCCCC1=NNC(C=S)N1c1ccc(OCc2ccccc2)cc1. The van der Waals surface area contributed by atoms with Crippen LogP contribution < -0.4 is 15.1 Å². The molecule has 0 aliphatic carbocycles. The quantitative estimate of drug-likeness (QED) is 0.0550. The fourth-order valence-electron chi connectivity index (χ4n) is 7.92. The highest BCUT2D eigenvalue weighted by Crippen LogP contribution is 2.26. The van der Waals surface area contributed by atoms with Crippen LogP contribution in [0.1, 0.15) is 218 Å².